The lowest BCUT2D eigenvalue weighted by molar-refractivity contribution is 0.102. The van der Waals surface area contributed by atoms with Crippen LogP contribution in [0.15, 0.2) is 54.6 Å². The number of alkyl halides is 1. The quantitative estimate of drug-likeness (QED) is 0.385. The third kappa shape index (κ3) is 3.40. The van der Waals surface area contributed by atoms with Gasteiger partial charge in [-0.05, 0) is 24.3 Å². The number of carbonyl (C=O) groups excluding carboxylic acids is 1. The van der Waals surface area contributed by atoms with Crippen molar-refractivity contribution in [1.82, 2.24) is 4.98 Å². The van der Waals surface area contributed by atoms with Crippen LogP contribution in [0, 0.1) is 0 Å². The molecule has 0 saturated carbocycles. The van der Waals surface area contributed by atoms with Crippen molar-refractivity contribution in [2.24, 2.45) is 0 Å². The van der Waals surface area contributed by atoms with Crippen LogP contribution in [-0.4, -0.2) is 16.1 Å². The number of hydrogen-bond acceptors (Lipinski definition) is 2. The number of carbonyl (C=O) groups is 1. The van der Waals surface area contributed by atoms with Crippen LogP contribution in [-0.2, 0) is 0 Å². The van der Waals surface area contributed by atoms with Crippen molar-refractivity contribution in [3.05, 3.63) is 65.2 Å². The summed E-state index contributed by atoms with van der Waals surface area (Å²) in [7, 11) is 0. The Morgan fingerprint density at radius 3 is 2.45 bits per heavy atom. The third-order valence-corrected chi connectivity index (χ3v) is 4.04. The first kappa shape index (κ1) is 17.1. The lowest BCUT2D eigenvalue weighted by Gasteiger charge is -2.08. The predicted octanol–water partition coefficient (Wildman–Crippen LogP) is 5.71. The van der Waals surface area contributed by atoms with Crippen molar-refractivity contribution in [3.63, 3.8) is 0 Å². The smallest absolute Gasteiger partial charge is 0.174 e. The summed E-state index contributed by atoms with van der Waals surface area (Å²) in [6, 6.07) is 17.0. The molecule has 2 nitrogen and oxygen atoms in total. The molecule has 0 amide bonds. The van der Waals surface area contributed by atoms with Gasteiger partial charge in [-0.3, -0.25) is 4.79 Å². The van der Waals surface area contributed by atoms with Gasteiger partial charge in [-0.25, -0.2) is 4.98 Å². The van der Waals surface area contributed by atoms with Crippen molar-refractivity contribution in [2.45, 2.75) is 0 Å². The van der Waals surface area contributed by atoms with E-state index >= 15 is 0 Å². The topological polar surface area (TPSA) is 30.0 Å². The van der Waals surface area contributed by atoms with Gasteiger partial charge in [-0.15, -0.1) is 17.0 Å². The number of benzene rings is 2. The first-order valence-electron chi connectivity index (χ1n) is 6.44. The molecule has 0 aliphatic rings. The van der Waals surface area contributed by atoms with E-state index in [4.69, 9.17) is 11.6 Å². The second kappa shape index (κ2) is 7.36. The van der Waals surface area contributed by atoms with E-state index < -0.39 is 0 Å². The molecule has 2 aromatic carbocycles. The summed E-state index contributed by atoms with van der Waals surface area (Å²) in [5, 5.41) is 1.84. The number of para-hydroxylation sites is 1. The third-order valence-electron chi connectivity index (χ3n) is 3.28. The van der Waals surface area contributed by atoms with Crippen molar-refractivity contribution in [3.8, 4) is 11.3 Å². The zero-order valence-electron chi connectivity index (χ0n) is 11.4. The van der Waals surface area contributed by atoms with Crippen LogP contribution in [0.5, 0.6) is 0 Å². The Kier molecular flexibility index (Phi) is 5.73. The standard InChI is InChI=1S/C17H11BrClNO.BrH/c18-10-17(21)14-9-16(11-5-7-12(19)8-6-11)20-15-4-2-1-3-13(14)15;/h1-9H,10H2;1H. The van der Waals surface area contributed by atoms with Crippen LogP contribution >= 0.6 is 44.5 Å². The maximum absolute atomic E-state index is 12.2. The van der Waals surface area contributed by atoms with E-state index in [2.05, 4.69) is 20.9 Å². The molecule has 0 radical (unpaired) electrons. The Morgan fingerprint density at radius 1 is 1.09 bits per heavy atom. The van der Waals surface area contributed by atoms with Crippen LogP contribution in [0.1, 0.15) is 10.4 Å². The zero-order chi connectivity index (χ0) is 14.8. The van der Waals surface area contributed by atoms with E-state index in [-0.39, 0.29) is 22.8 Å². The van der Waals surface area contributed by atoms with Gasteiger partial charge in [0, 0.05) is 21.5 Å². The van der Waals surface area contributed by atoms with E-state index in [1.165, 1.54) is 0 Å². The molecule has 112 valence electrons. The molecule has 0 fully saturated rings. The summed E-state index contributed by atoms with van der Waals surface area (Å²) in [5.41, 5.74) is 3.21. The van der Waals surface area contributed by atoms with Crippen molar-refractivity contribution >= 4 is 61.2 Å². The highest BCUT2D eigenvalue weighted by atomic mass is 79.9. The summed E-state index contributed by atoms with van der Waals surface area (Å²) >= 11 is 9.16. The Morgan fingerprint density at radius 2 is 1.77 bits per heavy atom. The minimum absolute atomic E-state index is 0. The van der Waals surface area contributed by atoms with Gasteiger partial charge in [0.15, 0.2) is 5.78 Å². The number of nitrogens with zero attached hydrogens (tertiary/aromatic N) is 1. The fourth-order valence-corrected chi connectivity index (χ4v) is 2.67. The molecule has 0 atom stereocenters. The van der Waals surface area contributed by atoms with Gasteiger partial charge >= 0.3 is 0 Å². The minimum atomic E-state index is 0. The van der Waals surface area contributed by atoms with E-state index in [1.807, 2.05) is 54.6 Å². The fraction of sp³-hybridized carbons (Fsp3) is 0.0588. The molecule has 0 aliphatic carbocycles. The molecule has 22 heavy (non-hydrogen) atoms. The summed E-state index contributed by atoms with van der Waals surface area (Å²) < 4.78 is 0. The summed E-state index contributed by atoms with van der Waals surface area (Å²) in [6.07, 6.45) is 0. The molecule has 0 unspecified atom stereocenters. The largest absolute Gasteiger partial charge is 0.293 e. The Hall–Kier alpha value is -1.23. The van der Waals surface area contributed by atoms with E-state index in [0.717, 1.165) is 22.2 Å². The molecule has 1 heterocycles. The van der Waals surface area contributed by atoms with Crippen LogP contribution in [0.3, 0.4) is 0 Å². The molecule has 3 rings (SSSR count). The van der Waals surface area contributed by atoms with Gasteiger partial charge < -0.3 is 0 Å². The Bertz CT molecular complexity index is 819. The fourth-order valence-electron chi connectivity index (χ4n) is 2.25. The first-order valence-corrected chi connectivity index (χ1v) is 7.94. The number of Topliss-reactive ketones (excluding diaryl/α,β-unsaturated/α-hetero) is 1. The second-order valence-corrected chi connectivity index (χ2v) is 5.63. The first-order chi connectivity index (χ1) is 10.2. The highest BCUT2D eigenvalue weighted by Gasteiger charge is 2.12. The highest BCUT2D eigenvalue weighted by molar-refractivity contribution is 9.09. The minimum Gasteiger partial charge on any atom is -0.293 e. The van der Waals surface area contributed by atoms with Gasteiger partial charge in [0.05, 0.1) is 16.5 Å². The molecule has 0 N–H and O–H groups in total. The number of ketones is 1. The van der Waals surface area contributed by atoms with Gasteiger partial charge in [0.2, 0.25) is 0 Å². The van der Waals surface area contributed by atoms with Crippen molar-refractivity contribution in [2.75, 3.05) is 5.33 Å². The predicted molar refractivity (Wildman–Crippen MR) is 101 cm³/mol. The van der Waals surface area contributed by atoms with Crippen LogP contribution in [0.2, 0.25) is 5.02 Å². The summed E-state index contributed by atoms with van der Waals surface area (Å²) in [5.74, 6) is 0.0452. The van der Waals surface area contributed by atoms with Crippen molar-refractivity contribution < 1.29 is 4.79 Å². The van der Waals surface area contributed by atoms with E-state index in [9.17, 15) is 4.79 Å². The number of rotatable bonds is 3. The summed E-state index contributed by atoms with van der Waals surface area (Å²) in [6.45, 7) is 0. The Labute approximate surface area is 152 Å². The zero-order valence-corrected chi connectivity index (χ0v) is 15.5. The van der Waals surface area contributed by atoms with Crippen LogP contribution < -0.4 is 0 Å². The normalized spacial score (nSPS) is 10.3. The molecule has 0 spiro atoms. The molecule has 0 aliphatic heterocycles. The van der Waals surface area contributed by atoms with Gasteiger partial charge in [0.1, 0.15) is 0 Å². The SMILES string of the molecule is Br.O=C(CBr)c1cc(-c2ccc(Cl)cc2)nc2ccccc12. The average molecular weight is 442 g/mol. The lowest BCUT2D eigenvalue weighted by atomic mass is 10.0. The molecular weight excluding hydrogens is 429 g/mol. The van der Waals surface area contributed by atoms with E-state index in [1.54, 1.807) is 0 Å². The number of hydrogen-bond donors (Lipinski definition) is 0. The molecule has 0 saturated heterocycles. The number of halogens is 3. The maximum atomic E-state index is 12.2. The average Bonchev–Trinajstić information content (AvgIpc) is 2.53. The van der Waals surface area contributed by atoms with Crippen LogP contribution in [0.25, 0.3) is 22.2 Å². The second-order valence-electron chi connectivity index (χ2n) is 4.64. The maximum Gasteiger partial charge on any atom is 0.174 e. The van der Waals surface area contributed by atoms with Gasteiger partial charge in [-0.1, -0.05) is 57.9 Å². The Balaban J connectivity index is 0.00000176. The van der Waals surface area contributed by atoms with E-state index in [0.29, 0.717) is 15.9 Å². The van der Waals surface area contributed by atoms with Gasteiger partial charge in [-0.2, -0.15) is 0 Å². The molecular formula is C17H12Br2ClNO. The van der Waals surface area contributed by atoms with Crippen LogP contribution in [0.4, 0.5) is 0 Å². The number of aromatic nitrogens is 1. The molecule has 5 heteroatoms. The number of fused-ring (bicyclic) bond motifs is 1. The lowest BCUT2D eigenvalue weighted by Crippen LogP contribution is -2.02. The molecule has 0 bridgehead atoms. The summed E-state index contributed by atoms with van der Waals surface area (Å²) in [4.78, 5) is 16.8. The monoisotopic (exact) mass is 439 g/mol. The number of pyridine rings is 1. The molecule has 3 aromatic rings. The molecule has 1 aromatic heterocycles. The van der Waals surface area contributed by atoms with Gasteiger partial charge in [0.25, 0.3) is 0 Å². The highest BCUT2D eigenvalue weighted by Crippen LogP contribution is 2.26. The van der Waals surface area contributed by atoms with Crippen molar-refractivity contribution in [1.29, 1.82) is 0 Å².